The van der Waals surface area contributed by atoms with E-state index >= 15 is 0 Å². The van der Waals surface area contributed by atoms with Crippen molar-refractivity contribution in [2.24, 2.45) is 7.05 Å². The fourth-order valence-electron chi connectivity index (χ4n) is 2.44. The molecular formula is C19H20N4O3. The van der Waals surface area contributed by atoms with E-state index in [4.69, 9.17) is 9.47 Å². The van der Waals surface area contributed by atoms with Gasteiger partial charge in [-0.3, -0.25) is 4.68 Å². The van der Waals surface area contributed by atoms with Gasteiger partial charge in [0.05, 0.1) is 12.2 Å². The molecule has 0 bridgehead atoms. The first-order valence-electron chi connectivity index (χ1n) is 8.24. The Kier molecular flexibility index (Phi) is 5.17. The smallest absolute Gasteiger partial charge is 0.338 e. The molecule has 0 amide bonds. The number of carbonyl (C=O) groups is 1. The van der Waals surface area contributed by atoms with Crippen molar-refractivity contribution in [3.05, 3.63) is 59.9 Å². The molecule has 0 radical (unpaired) electrons. The van der Waals surface area contributed by atoms with E-state index in [-0.39, 0.29) is 5.97 Å². The van der Waals surface area contributed by atoms with Crippen molar-refractivity contribution in [1.82, 2.24) is 14.8 Å². The number of pyridine rings is 1. The van der Waals surface area contributed by atoms with Gasteiger partial charge in [0.15, 0.2) is 5.82 Å². The van der Waals surface area contributed by atoms with Gasteiger partial charge in [0.25, 0.3) is 0 Å². The second-order valence-electron chi connectivity index (χ2n) is 5.63. The van der Waals surface area contributed by atoms with Crippen molar-refractivity contribution in [2.45, 2.75) is 13.8 Å². The van der Waals surface area contributed by atoms with Gasteiger partial charge in [-0.05, 0) is 32.0 Å². The molecule has 0 unspecified atom stereocenters. The number of nitrogens with one attached hydrogen (secondary N) is 1. The molecule has 0 saturated carbocycles. The number of nitrogens with zero attached hydrogens (tertiary/aromatic N) is 3. The molecule has 2 heterocycles. The van der Waals surface area contributed by atoms with Crippen LogP contribution in [0.1, 0.15) is 22.8 Å². The van der Waals surface area contributed by atoms with Crippen LogP contribution in [0.15, 0.2) is 48.8 Å². The lowest BCUT2D eigenvalue weighted by molar-refractivity contribution is 0.0525. The number of aryl methyl sites for hydroxylation is 1. The van der Waals surface area contributed by atoms with Crippen LogP contribution in [-0.4, -0.2) is 27.3 Å². The number of anilines is 2. The van der Waals surface area contributed by atoms with Crippen LogP contribution in [0, 0.1) is 6.92 Å². The summed E-state index contributed by atoms with van der Waals surface area (Å²) in [5.41, 5.74) is 1.22. The Morgan fingerprint density at radius 2 is 2.08 bits per heavy atom. The van der Waals surface area contributed by atoms with E-state index in [1.165, 1.54) is 0 Å². The Hall–Kier alpha value is -3.35. The van der Waals surface area contributed by atoms with Gasteiger partial charge in [0, 0.05) is 37.1 Å². The highest BCUT2D eigenvalue weighted by atomic mass is 16.5. The van der Waals surface area contributed by atoms with Crippen LogP contribution in [0.25, 0.3) is 0 Å². The molecule has 0 spiro atoms. The van der Waals surface area contributed by atoms with Crippen molar-refractivity contribution in [2.75, 3.05) is 11.9 Å². The van der Waals surface area contributed by atoms with E-state index in [9.17, 15) is 4.79 Å². The second-order valence-corrected chi connectivity index (χ2v) is 5.63. The summed E-state index contributed by atoms with van der Waals surface area (Å²) in [4.78, 5) is 16.3. The first-order chi connectivity index (χ1) is 12.6. The molecule has 2 aromatic heterocycles. The Morgan fingerprint density at radius 1 is 1.23 bits per heavy atom. The average Bonchev–Trinajstić information content (AvgIpc) is 3.02. The highest BCUT2D eigenvalue weighted by Gasteiger charge is 2.14. The van der Waals surface area contributed by atoms with Crippen LogP contribution in [0.2, 0.25) is 0 Å². The summed E-state index contributed by atoms with van der Waals surface area (Å²) < 4.78 is 12.7. The highest BCUT2D eigenvalue weighted by Crippen LogP contribution is 2.28. The highest BCUT2D eigenvalue weighted by molar-refractivity contribution is 5.91. The number of carbonyl (C=O) groups excluding carboxylic acids is 1. The summed E-state index contributed by atoms with van der Waals surface area (Å²) >= 11 is 0. The van der Waals surface area contributed by atoms with Crippen LogP contribution in [0.3, 0.4) is 0 Å². The zero-order valence-electron chi connectivity index (χ0n) is 14.9. The fourth-order valence-corrected chi connectivity index (χ4v) is 2.44. The van der Waals surface area contributed by atoms with E-state index in [0.29, 0.717) is 35.3 Å². The van der Waals surface area contributed by atoms with E-state index < -0.39 is 0 Å². The van der Waals surface area contributed by atoms with Gasteiger partial charge in [-0.2, -0.15) is 5.10 Å². The molecule has 0 saturated heterocycles. The Labute approximate surface area is 151 Å². The fraction of sp³-hybridized carbons (Fsp3) is 0.211. The van der Waals surface area contributed by atoms with Gasteiger partial charge in [-0.25, -0.2) is 9.78 Å². The molecule has 0 fully saturated rings. The Balaban J connectivity index is 1.80. The third-order valence-corrected chi connectivity index (χ3v) is 3.71. The van der Waals surface area contributed by atoms with E-state index in [0.717, 1.165) is 5.56 Å². The van der Waals surface area contributed by atoms with E-state index in [2.05, 4.69) is 15.4 Å². The Morgan fingerprint density at radius 3 is 2.81 bits per heavy atom. The van der Waals surface area contributed by atoms with E-state index in [1.807, 2.05) is 32.3 Å². The standard InChI is InChI=1S/C19H20N4O3/c1-4-25-19(24)15-6-5-7-16(13(15)2)26-14-8-10-20-18(12-14)21-17-9-11-23(3)22-17/h5-12H,4H2,1-3H3,(H,20,21,22). The maximum absolute atomic E-state index is 12.0. The lowest BCUT2D eigenvalue weighted by atomic mass is 10.1. The normalized spacial score (nSPS) is 10.4. The number of rotatable bonds is 6. The van der Waals surface area contributed by atoms with Crippen LogP contribution < -0.4 is 10.1 Å². The summed E-state index contributed by atoms with van der Waals surface area (Å²) in [5.74, 6) is 2.13. The molecule has 7 heteroatoms. The summed E-state index contributed by atoms with van der Waals surface area (Å²) in [7, 11) is 1.84. The third-order valence-electron chi connectivity index (χ3n) is 3.71. The minimum Gasteiger partial charge on any atom is -0.462 e. The molecule has 0 aliphatic carbocycles. The minimum atomic E-state index is -0.359. The number of hydrogen-bond acceptors (Lipinski definition) is 6. The van der Waals surface area contributed by atoms with Gasteiger partial charge in [-0.1, -0.05) is 6.07 Å². The lowest BCUT2D eigenvalue weighted by Crippen LogP contribution is -2.07. The zero-order valence-corrected chi connectivity index (χ0v) is 14.9. The lowest BCUT2D eigenvalue weighted by Gasteiger charge is -2.12. The number of esters is 1. The monoisotopic (exact) mass is 352 g/mol. The van der Waals surface area contributed by atoms with Gasteiger partial charge in [-0.15, -0.1) is 0 Å². The summed E-state index contributed by atoms with van der Waals surface area (Å²) in [6, 6.07) is 10.7. The van der Waals surface area contributed by atoms with Crippen LogP contribution in [0.5, 0.6) is 11.5 Å². The molecule has 3 aromatic rings. The first kappa shape index (κ1) is 17.5. The number of ether oxygens (including phenoxy) is 2. The van der Waals surface area contributed by atoms with Crippen molar-refractivity contribution < 1.29 is 14.3 Å². The van der Waals surface area contributed by atoms with Crippen molar-refractivity contribution in [3.63, 3.8) is 0 Å². The third kappa shape index (κ3) is 4.00. The molecule has 1 N–H and O–H groups in total. The van der Waals surface area contributed by atoms with Gasteiger partial charge >= 0.3 is 5.97 Å². The van der Waals surface area contributed by atoms with Crippen molar-refractivity contribution in [1.29, 1.82) is 0 Å². The molecule has 1 aromatic carbocycles. The number of hydrogen-bond donors (Lipinski definition) is 1. The summed E-state index contributed by atoms with van der Waals surface area (Å²) in [6.07, 6.45) is 3.48. The maximum Gasteiger partial charge on any atom is 0.338 e. The van der Waals surface area contributed by atoms with Gasteiger partial charge in [0.1, 0.15) is 17.3 Å². The predicted octanol–water partition coefficient (Wildman–Crippen LogP) is 3.84. The summed E-state index contributed by atoms with van der Waals surface area (Å²) in [6.45, 7) is 3.94. The Bertz CT molecular complexity index is 921. The van der Waals surface area contributed by atoms with Crippen LogP contribution >= 0.6 is 0 Å². The van der Waals surface area contributed by atoms with Crippen molar-refractivity contribution in [3.8, 4) is 11.5 Å². The van der Waals surface area contributed by atoms with Crippen LogP contribution in [0.4, 0.5) is 11.6 Å². The van der Waals surface area contributed by atoms with Crippen LogP contribution in [-0.2, 0) is 11.8 Å². The SMILES string of the molecule is CCOC(=O)c1cccc(Oc2ccnc(Nc3ccn(C)n3)c2)c1C. The second kappa shape index (κ2) is 7.69. The topological polar surface area (TPSA) is 78.3 Å². The number of benzene rings is 1. The number of aromatic nitrogens is 3. The van der Waals surface area contributed by atoms with Gasteiger partial charge < -0.3 is 14.8 Å². The first-order valence-corrected chi connectivity index (χ1v) is 8.24. The molecule has 0 atom stereocenters. The molecule has 0 aliphatic heterocycles. The molecule has 7 nitrogen and oxygen atoms in total. The van der Waals surface area contributed by atoms with Crippen molar-refractivity contribution >= 4 is 17.6 Å². The van der Waals surface area contributed by atoms with E-state index in [1.54, 1.807) is 42.1 Å². The summed E-state index contributed by atoms with van der Waals surface area (Å²) in [5, 5.41) is 7.37. The van der Waals surface area contributed by atoms with Gasteiger partial charge in [0.2, 0.25) is 0 Å². The average molecular weight is 352 g/mol. The largest absolute Gasteiger partial charge is 0.462 e. The molecule has 134 valence electrons. The molecular weight excluding hydrogens is 332 g/mol. The molecule has 3 rings (SSSR count). The minimum absolute atomic E-state index is 0.330. The predicted molar refractivity (Wildman–Crippen MR) is 97.9 cm³/mol. The quantitative estimate of drug-likeness (QED) is 0.679. The maximum atomic E-state index is 12.0. The molecule has 0 aliphatic rings. The molecule has 26 heavy (non-hydrogen) atoms. The zero-order chi connectivity index (χ0) is 18.5.